The van der Waals surface area contributed by atoms with E-state index in [1.807, 2.05) is 6.92 Å². The third kappa shape index (κ3) is 10.5. The highest BCUT2D eigenvalue weighted by atomic mass is 127. The van der Waals surface area contributed by atoms with E-state index < -0.39 is 0 Å². The molecule has 1 aromatic rings. The Bertz CT molecular complexity index is 451. The van der Waals surface area contributed by atoms with Gasteiger partial charge >= 0.3 is 0 Å². The second-order valence-electron chi connectivity index (χ2n) is 5.37. The number of halogens is 1. The summed E-state index contributed by atoms with van der Waals surface area (Å²) in [6, 6.07) is 4.26. The van der Waals surface area contributed by atoms with Gasteiger partial charge in [-0.3, -0.25) is 9.79 Å². The summed E-state index contributed by atoms with van der Waals surface area (Å²) < 4.78 is 0. The van der Waals surface area contributed by atoms with Crippen LogP contribution in [0.3, 0.4) is 0 Å². The van der Waals surface area contributed by atoms with Gasteiger partial charge in [-0.25, -0.2) is 0 Å². The molecule has 0 bridgehead atoms. The van der Waals surface area contributed by atoms with Crippen LogP contribution in [0.25, 0.3) is 0 Å². The van der Waals surface area contributed by atoms with Crippen LogP contribution in [0.2, 0.25) is 0 Å². The van der Waals surface area contributed by atoms with E-state index in [1.54, 1.807) is 18.4 Å². The first-order valence-electron chi connectivity index (χ1n) is 7.89. The van der Waals surface area contributed by atoms with E-state index in [0.717, 1.165) is 31.9 Å². The lowest BCUT2D eigenvalue weighted by atomic mass is 10.1. The second-order valence-corrected chi connectivity index (χ2v) is 6.40. The van der Waals surface area contributed by atoms with Crippen molar-refractivity contribution in [3.63, 3.8) is 0 Å². The first kappa shape index (κ1) is 22.2. The Balaban J connectivity index is 0.00000484. The Morgan fingerprint density at radius 2 is 2.09 bits per heavy atom. The molecule has 1 aromatic heterocycles. The highest BCUT2D eigenvalue weighted by molar-refractivity contribution is 14.0. The van der Waals surface area contributed by atoms with Crippen LogP contribution in [0.1, 0.15) is 31.6 Å². The smallest absolute Gasteiger partial charge is 0.221 e. The van der Waals surface area contributed by atoms with Gasteiger partial charge in [-0.2, -0.15) is 0 Å². The number of carbonyl (C=O) groups is 1. The van der Waals surface area contributed by atoms with Crippen molar-refractivity contribution in [2.24, 2.45) is 10.9 Å². The lowest BCUT2D eigenvalue weighted by Gasteiger charge is -2.15. The summed E-state index contributed by atoms with van der Waals surface area (Å²) in [5.74, 6) is 1.36. The van der Waals surface area contributed by atoms with E-state index >= 15 is 0 Å². The fourth-order valence-corrected chi connectivity index (χ4v) is 2.85. The molecule has 5 nitrogen and oxygen atoms in total. The summed E-state index contributed by atoms with van der Waals surface area (Å²) in [5.41, 5.74) is 0. The molecule has 0 aliphatic rings. The van der Waals surface area contributed by atoms with E-state index in [4.69, 9.17) is 0 Å². The molecule has 0 radical (unpaired) electrons. The maximum Gasteiger partial charge on any atom is 0.221 e. The van der Waals surface area contributed by atoms with Gasteiger partial charge < -0.3 is 16.0 Å². The Kier molecular flexibility index (Phi) is 13.1. The molecule has 1 unspecified atom stereocenters. The molecule has 1 rings (SSSR count). The van der Waals surface area contributed by atoms with Crippen LogP contribution < -0.4 is 16.0 Å². The molecule has 0 saturated carbocycles. The van der Waals surface area contributed by atoms with Gasteiger partial charge in [0, 0.05) is 38.0 Å². The normalized spacial score (nSPS) is 12.2. The van der Waals surface area contributed by atoms with Crippen molar-refractivity contribution < 1.29 is 4.79 Å². The zero-order valence-electron chi connectivity index (χ0n) is 14.2. The summed E-state index contributed by atoms with van der Waals surface area (Å²) in [6.45, 7) is 6.46. The molecule has 1 atom stereocenters. The third-order valence-electron chi connectivity index (χ3n) is 3.19. The fraction of sp³-hybridized carbons (Fsp3) is 0.625. The van der Waals surface area contributed by atoms with Crippen molar-refractivity contribution in [3.8, 4) is 0 Å². The molecule has 23 heavy (non-hydrogen) atoms. The average Bonchev–Trinajstić information content (AvgIpc) is 3.01. The predicted molar refractivity (Wildman–Crippen MR) is 110 cm³/mol. The van der Waals surface area contributed by atoms with Crippen LogP contribution >= 0.6 is 35.3 Å². The minimum atomic E-state index is 0. The minimum absolute atomic E-state index is 0. The number of hydrogen-bond donors (Lipinski definition) is 3. The van der Waals surface area contributed by atoms with Crippen LogP contribution in [0, 0.1) is 5.92 Å². The number of guanidine groups is 1. The lowest BCUT2D eigenvalue weighted by Crippen LogP contribution is -2.41. The highest BCUT2D eigenvalue weighted by Crippen LogP contribution is 2.13. The fourth-order valence-electron chi connectivity index (χ4n) is 1.98. The van der Waals surface area contributed by atoms with Gasteiger partial charge in [-0.15, -0.1) is 35.3 Å². The molecule has 7 heteroatoms. The Morgan fingerprint density at radius 3 is 2.70 bits per heavy atom. The molecule has 0 aromatic carbocycles. The number of hydrogen-bond acceptors (Lipinski definition) is 3. The highest BCUT2D eigenvalue weighted by Gasteiger charge is 2.06. The van der Waals surface area contributed by atoms with E-state index in [2.05, 4.69) is 45.4 Å². The molecule has 1 amide bonds. The molecule has 1 heterocycles. The molecule has 3 N–H and O–H groups in total. The summed E-state index contributed by atoms with van der Waals surface area (Å²) in [4.78, 5) is 17.1. The zero-order chi connectivity index (χ0) is 16.2. The van der Waals surface area contributed by atoms with Gasteiger partial charge in [0.25, 0.3) is 0 Å². The van der Waals surface area contributed by atoms with Crippen molar-refractivity contribution in [1.29, 1.82) is 0 Å². The van der Waals surface area contributed by atoms with Gasteiger partial charge in [0.05, 0.1) is 0 Å². The first-order chi connectivity index (χ1) is 10.7. The van der Waals surface area contributed by atoms with Crippen molar-refractivity contribution in [2.75, 3.05) is 26.7 Å². The Morgan fingerprint density at radius 1 is 1.30 bits per heavy atom. The third-order valence-corrected chi connectivity index (χ3v) is 4.09. The van der Waals surface area contributed by atoms with Crippen molar-refractivity contribution in [3.05, 3.63) is 22.4 Å². The first-order valence-corrected chi connectivity index (χ1v) is 8.77. The number of thiophene rings is 1. The number of aliphatic imine (C=N–C) groups is 1. The SMILES string of the molecule is CCCNC(=O)CCNC(=NC)NCC(C)Cc1cccs1.I. The molecular weight excluding hydrogens is 423 g/mol. The number of nitrogens with one attached hydrogen (secondary N) is 3. The molecule has 132 valence electrons. The maximum atomic E-state index is 11.5. The molecular formula is C16H29IN4OS. The van der Waals surface area contributed by atoms with E-state index in [9.17, 15) is 4.79 Å². The molecule has 0 saturated heterocycles. The van der Waals surface area contributed by atoms with E-state index in [1.165, 1.54) is 4.88 Å². The number of amides is 1. The quantitative estimate of drug-likeness (QED) is 0.307. The van der Waals surface area contributed by atoms with Crippen LogP contribution in [0.15, 0.2) is 22.5 Å². The zero-order valence-corrected chi connectivity index (χ0v) is 17.4. The van der Waals surface area contributed by atoms with E-state index in [0.29, 0.717) is 18.9 Å². The van der Waals surface area contributed by atoms with Crippen molar-refractivity contribution in [2.45, 2.75) is 33.1 Å². The number of rotatable bonds is 9. The number of nitrogens with zero attached hydrogens (tertiary/aromatic N) is 1. The van der Waals surface area contributed by atoms with Crippen molar-refractivity contribution >= 4 is 47.2 Å². The second kappa shape index (κ2) is 13.6. The molecule has 0 aliphatic heterocycles. The molecule has 0 spiro atoms. The van der Waals surface area contributed by atoms with Crippen LogP contribution in [0.4, 0.5) is 0 Å². The molecule has 0 aliphatic carbocycles. The predicted octanol–water partition coefficient (Wildman–Crippen LogP) is 2.63. The van der Waals surface area contributed by atoms with Crippen molar-refractivity contribution in [1.82, 2.24) is 16.0 Å². The summed E-state index contributed by atoms with van der Waals surface area (Å²) >= 11 is 1.80. The van der Waals surface area contributed by atoms with E-state index in [-0.39, 0.29) is 29.9 Å². The maximum absolute atomic E-state index is 11.5. The van der Waals surface area contributed by atoms with Crippen LogP contribution in [-0.2, 0) is 11.2 Å². The van der Waals surface area contributed by atoms with Gasteiger partial charge in [-0.05, 0) is 30.2 Å². The van der Waals surface area contributed by atoms with Crippen LogP contribution in [0.5, 0.6) is 0 Å². The largest absolute Gasteiger partial charge is 0.356 e. The Labute approximate surface area is 160 Å². The monoisotopic (exact) mass is 452 g/mol. The number of carbonyl (C=O) groups excluding carboxylic acids is 1. The molecule has 0 fully saturated rings. The summed E-state index contributed by atoms with van der Waals surface area (Å²) in [5, 5.41) is 11.5. The van der Waals surface area contributed by atoms with Gasteiger partial charge in [-0.1, -0.05) is 19.9 Å². The van der Waals surface area contributed by atoms with Crippen LogP contribution in [-0.4, -0.2) is 38.5 Å². The van der Waals surface area contributed by atoms with Gasteiger partial charge in [0.15, 0.2) is 5.96 Å². The summed E-state index contributed by atoms with van der Waals surface area (Å²) in [6.07, 6.45) is 2.50. The van der Waals surface area contributed by atoms with Gasteiger partial charge in [0.2, 0.25) is 5.91 Å². The summed E-state index contributed by atoms with van der Waals surface area (Å²) in [7, 11) is 1.75. The Hall–Kier alpha value is -0.830. The average molecular weight is 452 g/mol. The minimum Gasteiger partial charge on any atom is -0.356 e. The lowest BCUT2D eigenvalue weighted by molar-refractivity contribution is -0.120. The topological polar surface area (TPSA) is 65.5 Å². The standard InChI is InChI=1S/C16H28N4OS.HI/c1-4-8-18-15(21)7-9-19-16(17-3)20-12-13(2)11-14-6-5-10-22-14;/h5-6,10,13H,4,7-9,11-12H2,1-3H3,(H,18,21)(H2,17,19,20);1H. The van der Waals surface area contributed by atoms with Gasteiger partial charge in [0.1, 0.15) is 0 Å².